The van der Waals surface area contributed by atoms with Crippen molar-refractivity contribution in [3.63, 3.8) is 0 Å². The summed E-state index contributed by atoms with van der Waals surface area (Å²) in [6.07, 6.45) is 0.846. The fourth-order valence-electron chi connectivity index (χ4n) is 1.14. The van der Waals surface area contributed by atoms with Crippen molar-refractivity contribution in [3.05, 3.63) is 0 Å². The molecule has 0 aliphatic heterocycles. The molecule has 0 saturated carbocycles. The molecule has 0 aliphatic rings. The number of hydrogen-bond acceptors (Lipinski definition) is 3. The topological polar surface area (TPSA) is 92.4 Å². The predicted octanol–water partition coefficient (Wildman–Crippen LogP) is 0.341. The second-order valence-electron chi connectivity index (χ2n) is 4.60. The lowest BCUT2D eigenvalue weighted by atomic mass is 9.86. The molecule has 15 heavy (non-hydrogen) atoms. The largest absolute Gasteiger partial charge is 0.480 e. The van der Waals surface area contributed by atoms with E-state index in [1.54, 1.807) is 20.8 Å². The molecule has 0 spiro atoms. The zero-order chi connectivity index (χ0) is 12.1. The highest BCUT2D eigenvalue weighted by atomic mass is 16.4. The Balaban J connectivity index is 4.31. The molecule has 0 saturated heterocycles. The Labute approximate surface area is 90.0 Å². The Morgan fingerprint density at radius 1 is 1.40 bits per heavy atom. The van der Waals surface area contributed by atoms with E-state index in [0.717, 1.165) is 0 Å². The molecule has 4 N–H and O–H groups in total. The number of carbonyl (C=O) groups is 2. The predicted molar refractivity (Wildman–Crippen MR) is 57.3 cm³/mol. The fourth-order valence-corrected chi connectivity index (χ4v) is 1.14. The third-order valence-corrected chi connectivity index (χ3v) is 2.03. The smallest absolute Gasteiger partial charge is 0.326 e. The molecular formula is C10H20N2O3. The normalized spacial score (nSPS) is 13.3. The van der Waals surface area contributed by atoms with E-state index in [4.69, 9.17) is 10.8 Å². The minimum Gasteiger partial charge on any atom is -0.480 e. The standard InChI is InChI=1S/C10H20N2O3/c1-10(2,3)8(9(14)15)12-7(13)5-4-6-11/h8H,4-6,11H2,1-3H3,(H,12,13)(H,14,15). The second kappa shape index (κ2) is 5.70. The Morgan fingerprint density at radius 3 is 2.27 bits per heavy atom. The number of amides is 1. The van der Waals surface area contributed by atoms with Gasteiger partial charge in [-0.3, -0.25) is 4.79 Å². The summed E-state index contributed by atoms with van der Waals surface area (Å²) in [6, 6.07) is -0.859. The van der Waals surface area contributed by atoms with Crippen molar-refractivity contribution in [1.29, 1.82) is 0 Å². The summed E-state index contributed by atoms with van der Waals surface area (Å²) in [5.74, 6) is -1.27. The Morgan fingerprint density at radius 2 is 1.93 bits per heavy atom. The van der Waals surface area contributed by atoms with Crippen molar-refractivity contribution in [2.45, 2.75) is 39.7 Å². The van der Waals surface area contributed by atoms with E-state index in [-0.39, 0.29) is 12.3 Å². The third kappa shape index (κ3) is 5.37. The van der Waals surface area contributed by atoms with Gasteiger partial charge >= 0.3 is 5.97 Å². The molecule has 1 amide bonds. The third-order valence-electron chi connectivity index (χ3n) is 2.03. The Kier molecular flexibility index (Phi) is 5.28. The first kappa shape index (κ1) is 13.9. The van der Waals surface area contributed by atoms with Gasteiger partial charge in [0.1, 0.15) is 6.04 Å². The summed E-state index contributed by atoms with van der Waals surface area (Å²) in [5, 5.41) is 11.4. The van der Waals surface area contributed by atoms with E-state index in [0.29, 0.717) is 13.0 Å². The molecule has 0 heterocycles. The number of nitrogens with one attached hydrogen (secondary N) is 1. The Bertz CT molecular complexity index is 233. The number of aliphatic carboxylic acids is 1. The van der Waals surface area contributed by atoms with Gasteiger partial charge in [0.25, 0.3) is 0 Å². The van der Waals surface area contributed by atoms with Gasteiger partial charge in [0, 0.05) is 6.42 Å². The van der Waals surface area contributed by atoms with Crippen molar-refractivity contribution >= 4 is 11.9 Å². The molecule has 5 heteroatoms. The van der Waals surface area contributed by atoms with Crippen LogP contribution in [0.1, 0.15) is 33.6 Å². The van der Waals surface area contributed by atoms with E-state index < -0.39 is 17.4 Å². The first-order chi connectivity index (χ1) is 6.79. The summed E-state index contributed by atoms with van der Waals surface area (Å²) in [4.78, 5) is 22.2. The van der Waals surface area contributed by atoms with Gasteiger partial charge in [0.2, 0.25) is 5.91 Å². The number of carboxylic acid groups (broad SMARTS) is 1. The molecule has 0 rings (SSSR count). The highest BCUT2D eigenvalue weighted by Crippen LogP contribution is 2.19. The van der Waals surface area contributed by atoms with Gasteiger partial charge in [0.05, 0.1) is 0 Å². The highest BCUT2D eigenvalue weighted by molar-refractivity contribution is 5.84. The van der Waals surface area contributed by atoms with Crippen molar-refractivity contribution in [2.75, 3.05) is 6.54 Å². The van der Waals surface area contributed by atoms with E-state index in [9.17, 15) is 9.59 Å². The number of nitrogens with two attached hydrogens (primary N) is 1. The minimum atomic E-state index is -1.01. The molecule has 0 aromatic carbocycles. The van der Waals surface area contributed by atoms with Crippen LogP contribution in [-0.4, -0.2) is 29.6 Å². The van der Waals surface area contributed by atoms with Crippen LogP contribution in [0.15, 0.2) is 0 Å². The Hall–Kier alpha value is -1.10. The van der Waals surface area contributed by atoms with Crippen LogP contribution < -0.4 is 11.1 Å². The first-order valence-corrected chi connectivity index (χ1v) is 5.01. The van der Waals surface area contributed by atoms with Gasteiger partial charge in [0.15, 0.2) is 0 Å². The summed E-state index contributed by atoms with van der Waals surface area (Å²) in [5.41, 5.74) is 4.76. The van der Waals surface area contributed by atoms with Crippen molar-refractivity contribution in [1.82, 2.24) is 5.32 Å². The van der Waals surface area contributed by atoms with E-state index in [1.165, 1.54) is 0 Å². The molecule has 0 aromatic rings. The van der Waals surface area contributed by atoms with E-state index >= 15 is 0 Å². The van der Waals surface area contributed by atoms with Crippen LogP contribution in [0.3, 0.4) is 0 Å². The molecule has 0 bridgehead atoms. The first-order valence-electron chi connectivity index (χ1n) is 5.01. The van der Waals surface area contributed by atoms with Crippen molar-refractivity contribution in [2.24, 2.45) is 11.1 Å². The van der Waals surface area contributed by atoms with Gasteiger partial charge < -0.3 is 16.2 Å². The molecule has 0 aromatic heterocycles. The van der Waals surface area contributed by atoms with E-state index in [2.05, 4.69) is 5.32 Å². The SMILES string of the molecule is CC(C)(C)C(NC(=O)CCCN)C(=O)O. The lowest BCUT2D eigenvalue weighted by molar-refractivity contribution is -0.144. The number of rotatable bonds is 5. The maximum atomic E-state index is 11.3. The summed E-state index contributed by atoms with van der Waals surface area (Å²) in [6.45, 7) is 5.75. The molecule has 1 unspecified atom stereocenters. The maximum absolute atomic E-state index is 11.3. The minimum absolute atomic E-state index is 0.261. The lowest BCUT2D eigenvalue weighted by Gasteiger charge is -2.27. The molecule has 0 radical (unpaired) electrons. The number of carboxylic acids is 1. The number of carbonyl (C=O) groups excluding carboxylic acids is 1. The molecule has 0 aliphatic carbocycles. The molecule has 88 valence electrons. The van der Waals surface area contributed by atoms with Crippen LogP contribution in [0.4, 0.5) is 0 Å². The second-order valence-corrected chi connectivity index (χ2v) is 4.60. The summed E-state index contributed by atoms with van der Waals surface area (Å²) >= 11 is 0. The van der Waals surface area contributed by atoms with E-state index in [1.807, 2.05) is 0 Å². The quantitative estimate of drug-likeness (QED) is 0.618. The van der Waals surface area contributed by atoms with Crippen molar-refractivity contribution in [3.8, 4) is 0 Å². The zero-order valence-electron chi connectivity index (χ0n) is 9.54. The van der Waals surface area contributed by atoms with Crippen LogP contribution in [0.2, 0.25) is 0 Å². The van der Waals surface area contributed by atoms with Gasteiger partial charge in [-0.25, -0.2) is 4.79 Å². The average Bonchev–Trinajstić information content (AvgIpc) is 2.08. The van der Waals surface area contributed by atoms with Crippen LogP contribution in [-0.2, 0) is 9.59 Å². The lowest BCUT2D eigenvalue weighted by Crippen LogP contribution is -2.49. The molecular weight excluding hydrogens is 196 g/mol. The fraction of sp³-hybridized carbons (Fsp3) is 0.800. The molecule has 5 nitrogen and oxygen atoms in total. The average molecular weight is 216 g/mol. The van der Waals surface area contributed by atoms with Gasteiger partial charge in [-0.05, 0) is 18.4 Å². The van der Waals surface area contributed by atoms with Gasteiger partial charge in [-0.1, -0.05) is 20.8 Å². The van der Waals surface area contributed by atoms with Gasteiger partial charge in [-0.2, -0.15) is 0 Å². The zero-order valence-corrected chi connectivity index (χ0v) is 9.54. The molecule has 0 fully saturated rings. The highest BCUT2D eigenvalue weighted by Gasteiger charge is 2.32. The summed E-state index contributed by atoms with van der Waals surface area (Å²) < 4.78 is 0. The number of hydrogen-bond donors (Lipinski definition) is 3. The molecule has 1 atom stereocenters. The monoisotopic (exact) mass is 216 g/mol. The van der Waals surface area contributed by atoms with Crippen LogP contribution >= 0.6 is 0 Å². The maximum Gasteiger partial charge on any atom is 0.326 e. The van der Waals surface area contributed by atoms with Crippen LogP contribution in [0.5, 0.6) is 0 Å². The summed E-state index contributed by atoms with van der Waals surface area (Å²) in [7, 11) is 0. The van der Waals surface area contributed by atoms with Gasteiger partial charge in [-0.15, -0.1) is 0 Å². The van der Waals surface area contributed by atoms with Crippen LogP contribution in [0.25, 0.3) is 0 Å². The van der Waals surface area contributed by atoms with Crippen LogP contribution in [0, 0.1) is 5.41 Å². The van der Waals surface area contributed by atoms with Crippen molar-refractivity contribution < 1.29 is 14.7 Å².